The van der Waals surface area contributed by atoms with Crippen molar-refractivity contribution in [3.05, 3.63) is 12.2 Å². The van der Waals surface area contributed by atoms with E-state index in [9.17, 15) is 0 Å². The maximum absolute atomic E-state index is 5.45. The van der Waals surface area contributed by atoms with E-state index in [1.807, 2.05) is 0 Å². The first-order chi connectivity index (χ1) is 3.83. The van der Waals surface area contributed by atoms with Crippen molar-refractivity contribution in [2.45, 2.75) is 19.3 Å². The molecule has 1 rings (SSSR count). The molecular formula is C7H13N. The van der Waals surface area contributed by atoms with E-state index in [0.717, 1.165) is 12.5 Å². The average molecular weight is 111 g/mol. The van der Waals surface area contributed by atoms with E-state index < -0.39 is 0 Å². The van der Waals surface area contributed by atoms with Crippen LogP contribution < -0.4 is 5.73 Å². The first kappa shape index (κ1) is 5.83. The molecule has 1 aliphatic rings. The predicted octanol–water partition coefficient (Wildman–Crippen LogP) is 1.30. The largest absolute Gasteiger partial charge is 0.330 e. The summed E-state index contributed by atoms with van der Waals surface area (Å²) < 4.78 is 0. The molecule has 0 radical (unpaired) electrons. The fraction of sp³-hybridized carbons (Fsp3) is 0.714. The van der Waals surface area contributed by atoms with Crippen molar-refractivity contribution >= 4 is 0 Å². The Hall–Kier alpha value is -0.300. The highest BCUT2D eigenvalue weighted by atomic mass is 14.6. The minimum Gasteiger partial charge on any atom is -0.330 e. The molecule has 0 spiro atoms. The van der Waals surface area contributed by atoms with Crippen molar-refractivity contribution in [2.75, 3.05) is 6.54 Å². The molecule has 0 aromatic rings. The molecule has 0 aliphatic heterocycles. The summed E-state index contributed by atoms with van der Waals surface area (Å²) in [6.45, 7) is 4.74. The summed E-state index contributed by atoms with van der Waals surface area (Å²) in [6.07, 6.45) is 3.66. The molecule has 0 unspecified atom stereocenters. The summed E-state index contributed by atoms with van der Waals surface area (Å²) in [7, 11) is 0. The van der Waals surface area contributed by atoms with Crippen LogP contribution in [-0.2, 0) is 0 Å². The third kappa shape index (κ3) is 1.10. The van der Waals surface area contributed by atoms with Crippen molar-refractivity contribution in [3.63, 3.8) is 0 Å². The van der Waals surface area contributed by atoms with Crippen LogP contribution in [0.5, 0.6) is 0 Å². The molecule has 0 amide bonds. The fourth-order valence-electron chi connectivity index (χ4n) is 1.22. The molecule has 1 aliphatic carbocycles. The van der Waals surface area contributed by atoms with Gasteiger partial charge in [-0.15, -0.1) is 0 Å². The predicted molar refractivity (Wildman–Crippen MR) is 35.5 cm³/mol. The van der Waals surface area contributed by atoms with Gasteiger partial charge in [-0.25, -0.2) is 0 Å². The molecule has 1 atom stereocenters. The van der Waals surface area contributed by atoms with Gasteiger partial charge in [0.05, 0.1) is 0 Å². The van der Waals surface area contributed by atoms with Gasteiger partial charge in [-0.3, -0.25) is 0 Å². The first-order valence-electron chi connectivity index (χ1n) is 3.19. The molecule has 0 bridgehead atoms. The van der Waals surface area contributed by atoms with Gasteiger partial charge in [0, 0.05) is 0 Å². The highest BCUT2D eigenvalue weighted by Gasteiger charge is 2.15. The van der Waals surface area contributed by atoms with E-state index >= 15 is 0 Å². The summed E-state index contributed by atoms with van der Waals surface area (Å²) in [4.78, 5) is 0. The Morgan fingerprint density at radius 2 is 2.50 bits per heavy atom. The van der Waals surface area contributed by atoms with Crippen LogP contribution in [0.25, 0.3) is 0 Å². The van der Waals surface area contributed by atoms with E-state index in [-0.39, 0.29) is 0 Å². The summed E-state index contributed by atoms with van der Waals surface area (Å²) in [5.74, 6) is 0.752. The average Bonchev–Trinajstić information content (AvgIpc) is 2.14. The molecule has 1 fully saturated rings. The number of nitrogens with two attached hydrogens (primary N) is 1. The standard InChI is InChI=1S/C7H13N/c1-6-2-3-7(4-6)5-8/h7H,1-5,8H2/t7-/m0/s1. The van der Waals surface area contributed by atoms with Crippen LogP contribution in [0.15, 0.2) is 12.2 Å². The summed E-state index contributed by atoms with van der Waals surface area (Å²) in [6, 6.07) is 0. The molecule has 1 nitrogen and oxygen atoms in total. The lowest BCUT2D eigenvalue weighted by Gasteiger charge is -2.00. The third-order valence-electron chi connectivity index (χ3n) is 1.82. The van der Waals surface area contributed by atoms with E-state index in [0.29, 0.717) is 0 Å². The molecule has 8 heavy (non-hydrogen) atoms. The topological polar surface area (TPSA) is 26.0 Å². The van der Waals surface area contributed by atoms with Gasteiger partial charge in [0.15, 0.2) is 0 Å². The van der Waals surface area contributed by atoms with E-state index in [1.54, 1.807) is 0 Å². The maximum Gasteiger partial charge on any atom is -0.00457 e. The van der Waals surface area contributed by atoms with Crippen molar-refractivity contribution in [3.8, 4) is 0 Å². The van der Waals surface area contributed by atoms with E-state index in [1.165, 1.54) is 24.8 Å². The van der Waals surface area contributed by atoms with E-state index in [4.69, 9.17) is 5.73 Å². The van der Waals surface area contributed by atoms with Gasteiger partial charge in [0.25, 0.3) is 0 Å². The van der Waals surface area contributed by atoms with Gasteiger partial charge < -0.3 is 5.73 Å². The Kier molecular flexibility index (Phi) is 1.69. The molecule has 0 heterocycles. The summed E-state index contributed by atoms with van der Waals surface area (Å²) in [5.41, 5.74) is 6.84. The van der Waals surface area contributed by atoms with Gasteiger partial charge >= 0.3 is 0 Å². The smallest absolute Gasteiger partial charge is 0.00457 e. The SMILES string of the molecule is C=C1CC[C@H](CN)C1. The number of hydrogen-bond donors (Lipinski definition) is 1. The molecule has 1 saturated carbocycles. The normalized spacial score (nSPS) is 29.1. The molecular weight excluding hydrogens is 98.1 g/mol. The molecule has 46 valence electrons. The highest BCUT2D eigenvalue weighted by molar-refractivity contribution is 5.02. The molecule has 1 heteroatoms. The van der Waals surface area contributed by atoms with Crippen molar-refractivity contribution in [1.82, 2.24) is 0 Å². The van der Waals surface area contributed by atoms with Crippen molar-refractivity contribution in [1.29, 1.82) is 0 Å². The van der Waals surface area contributed by atoms with Crippen LogP contribution in [0, 0.1) is 5.92 Å². The molecule has 2 N–H and O–H groups in total. The van der Waals surface area contributed by atoms with E-state index in [2.05, 4.69) is 6.58 Å². The molecule has 0 saturated heterocycles. The van der Waals surface area contributed by atoms with Crippen LogP contribution in [0.1, 0.15) is 19.3 Å². The van der Waals surface area contributed by atoms with Gasteiger partial charge in [0.2, 0.25) is 0 Å². The van der Waals surface area contributed by atoms with Crippen LogP contribution in [0.4, 0.5) is 0 Å². The number of allylic oxidation sites excluding steroid dienone is 1. The second-order valence-electron chi connectivity index (χ2n) is 2.59. The van der Waals surface area contributed by atoms with Crippen LogP contribution in [-0.4, -0.2) is 6.54 Å². The minimum absolute atomic E-state index is 0.752. The Balaban J connectivity index is 2.32. The lowest BCUT2D eigenvalue weighted by atomic mass is 10.1. The summed E-state index contributed by atoms with van der Waals surface area (Å²) in [5, 5.41) is 0. The maximum atomic E-state index is 5.45. The van der Waals surface area contributed by atoms with Gasteiger partial charge in [-0.05, 0) is 31.7 Å². The van der Waals surface area contributed by atoms with Crippen LogP contribution in [0.2, 0.25) is 0 Å². The Morgan fingerprint density at radius 3 is 2.75 bits per heavy atom. The lowest BCUT2D eigenvalue weighted by Crippen LogP contribution is -2.09. The second kappa shape index (κ2) is 2.31. The molecule has 0 aromatic carbocycles. The number of rotatable bonds is 1. The Labute approximate surface area is 50.6 Å². The number of hydrogen-bond acceptors (Lipinski definition) is 1. The van der Waals surface area contributed by atoms with Crippen molar-refractivity contribution < 1.29 is 0 Å². The van der Waals surface area contributed by atoms with Gasteiger partial charge in [0.1, 0.15) is 0 Å². The van der Waals surface area contributed by atoms with Crippen LogP contribution in [0.3, 0.4) is 0 Å². The lowest BCUT2D eigenvalue weighted by molar-refractivity contribution is 0.569. The minimum atomic E-state index is 0.752. The first-order valence-corrected chi connectivity index (χ1v) is 3.19. The Morgan fingerprint density at radius 1 is 1.75 bits per heavy atom. The highest BCUT2D eigenvalue weighted by Crippen LogP contribution is 2.27. The zero-order chi connectivity index (χ0) is 5.98. The zero-order valence-corrected chi connectivity index (χ0v) is 5.19. The van der Waals surface area contributed by atoms with Crippen molar-refractivity contribution in [2.24, 2.45) is 11.7 Å². The Bertz CT molecular complexity index is 96.6. The van der Waals surface area contributed by atoms with Gasteiger partial charge in [-0.2, -0.15) is 0 Å². The zero-order valence-electron chi connectivity index (χ0n) is 5.19. The molecule has 0 aromatic heterocycles. The quantitative estimate of drug-likeness (QED) is 0.507. The van der Waals surface area contributed by atoms with Gasteiger partial charge in [-0.1, -0.05) is 12.2 Å². The third-order valence-corrected chi connectivity index (χ3v) is 1.82. The second-order valence-corrected chi connectivity index (χ2v) is 2.59. The summed E-state index contributed by atoms with van der Waals surface area (Å²) >= 11 is 0. The van der Waals surface area contributed by atoms with Crippen LogP contribution >= 0.6 is 0 Å². The monoisotopic (exact) mass is 111 g/mol. The fourth-order valence-corrected chi connectivity index (χ4v) is 1.22.